The van der Waals surface area contributed by atoms with Crippen molar-refractivity contribution in [3.05, 3.63) is 47.4 Å². The van der Waals surface area contributed by atoms with Gasteiger partial charge >= 0.3 is 0 Å². The van der Waals surface area contributed by atoms with E-state index in [0.717, 1.165) is 11.3 Å². The predicted molar refractivity (Wildman–Crippen MR) is 71.3 cm³/mol. The van der Waals surface area contributed by atoms with E-state index < -0.39 is 0 Å². The summed E-state index contributed by atoms with van der Waals surface area (Å²) in [5.41, 5.74) is 3.60. The van der Waals surface area contributed by atoms with Crippen molar-refractivity contribution >= 4 is 23.6 Å². The van der Waals surface area contributed by atoms with Gasteiger partial charge in [-0.1, -0.05) is 23.7 Å². The molecule has 0 aliphatic rings. The summed E-state index contributed by atoms with van der Waals surface area (Å²) in [4.78, 5) is 7.88. The Morgan fingerprint density at radius 1 is 1.33 bits per heavy atom. The van der Waals surface area contributed by atoms with Crippen LogP contribution in [0.2, 0.25) is 5.15 Å². The van der Waals surface area contributed by atoms with Gasteiger partial charge in [-0.25, -0.2) is 4.98 Å². The average molecular weight is 263 g/mol. The number of nitrogens with one attached hydrogen (secondary N) is 1. The number of anilines is 1. The molecule has 6 heteroatoms. The van der Waals surface area contributed by atoms with Crippen molar-refractivity contribution in [3.63, 3.8) is 0 Å². The Morgan fingerprint density at radius 2 is 2.17 bits per heavy atom. The summed E-state index contributed by atoms with van der Waals surface area (Å²) in [7, 11) is 1.61. The number of benzene rings is 1. The summed E-state index contributed by atoms with van der Waals surface area (Å²) < 4.78 is 5.20. The first-order valence-corrected chi connectivity index (χ1v) is 5.57. The van der Waals surface area contributed by atoms with Crippen molar-refractivity contribution < 1.29 is 4.74 Å². The summed E-state index contributed by atoms with van der Waals surface area (Å²) in [5, 5.41) is 4.36. The Bertz CT molecular complexity index is 559. The van der Waals surface area contributed by atoms with Gasteiger partial charge in [0.1, 0.15) is 10.9 Å². The molecular formula is C12H11ClN4O. The van der Waals surface area contributed by atoms with E-state index in [9.17, 15) is 0 Å². The van der Waals surface area contributed by atoms with E-state index in [-0.39, 0.29) is 0 Å². The van der Waals surface area contributed by atoms with Crippen LogP contribution in [-0.4, -0.2) is 23.3 Å². The number of hydrogen-bond donors (Lipinski definition) is 1. The molecule has 0 radical (unpaired) electrons. The summed E-state index contributed by atoms with van der Waals surface area (Å²) in [6.45, 7) is 0. The maximum Gasteiger partial charge on any atom is 0.166 e. The van der Waals surface area contributed by atoms with Crippen LogP contribution in [0, 0.1) is 0 Å². The molecule has 1 aromatic carbocycles. The third-order valence-electron chi connectivity index (χ3n) is 2.13. The molecule has 0 fully saturated rings. The van der Waals surface area contributed by atoms with Crippen molar-refractivity contribution in [2.45, 2.75) is 0 Å². The molecule has 5 nitrogen and oxygen atoms in total. The van der Waals surface area contributed by atoms with Crippen molar-refractivity contribution in [1.29, 1.82) is 0 Å². The number of halogens is 1. The number of hydrogen-bond acceptors (Lipinski definition) is 5. The van der Waals surface area contributed by atoms with Gasteiger partial charge in [0.15, 0.2) is 5.82 Å². The Labute approximate surface area is 109 Å². The molecule has 0 atom stereocenters. The van der Waals surface area contributed by atoms with Gasteiger partial charge in [0.25, 0.3) is 0 Å². The number of rotatable bonds is 4. The summed E-state index contributed by atoms with van der Waals surface area (Å²) in [6, 6.07) is 7.56. The van der Waals surface area contributed by atoms with E-state index in [0.29, 0.717) is 11.0 Å². The predicted octanol–water partition coefficient (Wildman–Crippen LogP) is 2.58. The fourth-order valence-electron chi connectivity index (χ4n) is 1.34. The lowest BCUT2D eigenvalue weighted by Gasteiger charge is -2.03. The number of para-hydroxylation sites is 1. The Morgan fingerprint density at radius 3 is 2.94 bits per heavy atom. The summed E-state index contributed by atoms with van der Waals surface area (Å²) in [5.74, 6) is 1.23. The fraction of sp³-hybridized carbons (Fsp3) is 0.0833. The Kier molecular flexibility index (Phi) is 4.09. The minimum absolute atomic E-state index is 0.312. The maximum absolute atomic E-state index is 5.70. The van der Waals surface area contributed by atoms with E-state index >= 15 is 0 Å². The molecule has 0 aliphatic carbocycles. The number of aromatic nitrogens is 2. The Balaban J connectivity index is 2.07. The van der Waals surface area contributed by atoms with E-state index in [1.807, 2.05) is 24.3 Å². The van der Waals surface area contributed by atoms with E-state index in [1.165, 1.54) is 12.4 Å². The first-order valence-electron chi connectivity index (χ1n) is 5.19. The zero-order valence-corrected chi connectivity index (χ0v) is 10.4. The van der Waals surface area contributed by atoms with Crippen LogP contribution in [0.15, 0.2) is 41.8 Å². The first kappa shape index (κ1) is 12.3. The monoisotopic (exact) mass is 262 g/mol. The first-order chi connectivity index (χ1) is 8.79. The number of ether oxygens (including phenoxy) is 1. The van der Waals surface area contributed by atoms with Crippen LogP contribution in [0.5, 0.6) is 5.75 Å². The van der Waals surface area contributed by atoms with Crippen LogP contribution in [0.1, 0.15) is 5.56 Å². The highest BCUT2D eigenvalue weighted by atomic mass is 35.5. The second kappa shape index (κ2) is 5.97. The van der Waals surface area contributed by atoms with Gasteiger partial charge in [-0.05, 0) is 12.1 Å². The third kappa shape index (κ3) is 3.18. The fourth-order valence-corrected chi connectivity index (χ4v) is 1.48. The van der Waals surface area contributed by atoms with E-state index in [2.05, 4.69) is 20.5 Å². The molecule has 0 spiro atoms. The highest BCUT2D eigenvalue weighted by Crippen LogP contribution is 2.14. The second-order valence-corrected chi connectivity index (χ2v) is 3.73. The highest BCUT2D eigenvalue weighted by molar-refractivity contribution is 6.29. The largest absolute Gasteiger partial charge is 0.496 e. The van der Waals surface area contributed by atoms with Crippen LogP contribution < -0.4 is 10.2 Å². The van der Waals surface area contributed by atoms with E-state index in [1.54, 1.807) is 13.3 Å². The van der Waals surface area contributed by atoms with Gasteiger partial charge < -0.3 is 4.74 Å². The molecule has 1 heterocycles. The lowest BCUT2D eigenvalue weighted by atomic mass is 10.2. The zero-order chi connectivity index (χ0) is 12.8. The maximum atomic E-state index is 5.70. The quantitative estimate of drug-likeness (QED) is 0.680. The molecule has 2 aromatic rings. The van der Waals surface area contributed by atoms with Gasteiger partial charge in [0.05, 0.1) is 25.7 Å². The van der Waals surface area contributed by atoms with Crippen LogP contribution in [0.3, 0.4) is 0 Å². The lowest BCUT2D eigenvalue weighted by Crippen LogP contribution is -1.96. The number of methoxy groups -OCH3 is 1. The normalized spacial score (nSPS) is 10.6. The molecule has 1 aromatic heterocycles. The van der Waals surface area contributed by atoms with E-state index in [4.69, 9.17) is 16.3 Å². The molecular weight excluding hydrogens is 252 g/mol. The average Bonchev–Trinajstić information content (AvgIpc) is 2.39. The van der Waals surface area contributed by atoms with Crippen LogP contribution in [0.25, 0.3) is 0 Å². The van der Waals surface area contributed by atoms with Crippen LogP contribution >= 0.6 is 11.6 Å². The van der Waals surface area contributed by atoms with Crippen molar-refractivity contribution in [3.8, 4) is 5.75 Å². The molecule has 0 bridgehead atoms. The molecule has 92 valence electrons. The molecule has 18 heavy (non-hydrogen) atoms. The van der Waals surface area contributed by atoms with Crippen LogP contribution in [-0.2, 0) is 0 Å². The van der Waals surface area contributed by atoms with Gasteiger partial charge in [0, 0.05) is 5.56 Å². The minimum atomic E-state index is 0.312. The van der Waals surface area contributed by atoms with Gasteiger partial charge in [-0.3, -0.25) is 10.4 Å². The van der Waals surface area contributed by atoms with Crippen LogP contribution in [0.4, 0.5) is 5.82 Å². The molecule has 0 unspecified atom stereocenters. The number of hydrazone groups is 1. The van der Waals surface area contributed by atoms with Gasteiger partial charge in [0.2, 0.25) is 0 Å². The molecule has 0 amide bonds. The minimum Gasteiger partial charge on any atom is -0.496 e. The van der Waals surface area contributed by atoms with Gasteiger partial charge in [-0.2, -0.15) is 5.10 Å². The lowest BCUT2D eigenvalue weighted by molar-refractivity contribution is 0.414. The third-order valence-corrected chi connectivity index (χ3v) is 2.31. The molecule has 1 N–H and O–H groups in total. The van der Waals surface area contributed by atoms with Crippen molar-refractivity contribution in [2.75, 3.05) is 12.5 Å². The molecule has 0 saturated carbocycles. The van der Waals surface area contributed by atoms with Gasteiger partial charge in [-0.15, -0.1) is 0 Å². The topological polar surface area (TPSA) is 59.4 Å². The van der Waals surface area contributed by atoms with Crippen molar-refractivity contribution in [1.82, 2.24) is 9.97 Å². The summed E-state index contributed by atoms with van der Waals surface area (Å²) in [6.07, 6.45) is 4.63. The highest BCUT2D eigenvalue weighted by Gasteiger charge is 1.97. The summed E-state index contributed by atoms with van der Waals surface area (Å²) >= 11 is 5.70. The second-order valence-electron chi connectivity index (χ2n) is 3.34. The molecule has 2 rings (SSSR count). The standard InChI is InChI=1S/C12H11ClN4O/c1-18-10-5-3-2-4-9(10)6-15-17-12-8-14-7-11(13)16-12/h2-8H,1H3,(H,16,17). The molecule has 0 aliphatic heterocycles. The number of nitrogens with zero attached hydrogens (tertiary/aromatic N) is 3. The van der Waals surface area contributed by atoms with Crippen molar-refractivity contribution in [2.24, 2.45) is 5.10 Å². The molecule has 0 saturated heterocycles. The smallest absolute Gasteiger partial charge is 0.166 e. The Hall–Kier alpha value is -2.14. The SMILES string of the molecule is COc1ccccc1C=NNc1cncc(Cl)n1. The zero-order valence-electron chi connectivity index (χ0n) is 9.67.